The summed E-state index contributed by atoms with van der Waals surface area (Å²) in [6.45, 7) is 1.74. The Balaban J connectivity index is 2.18. The molecule has 1 unspecified atom stereocenters. The van der Waals surface area contributed by atoms with Crippen molar-refractivity contribution in [2.45, 2.75) is 25.4 Å². The van der Waals surface area contributed by atoms with Crippen LogP contribution in [0, 0.1) is 0 Å². The molecule has 0 radical (unpaired) electrons. The van der Waals surface area contributed by atoms with E-state index in [0.717, 1.165) is 11.3 Å². The molecule has 0 spiro atoms. The second-order valence-electron chi connectivity index (χ2n) is 4.60. The minimum absolute atomic E-state index is 0.216. The first-order valence-corrected chi connectivity index (χ1v) is 6.20. The first-order valence-electron chi connectivity index (χ1n) is 6.20. The van der Waals surface area contributed by atoms with Gasteiger partial charge in [0.2, 0.25) is 5.91 Å². The van der Waals surface area contributed by atoms with Gasteiger partial charge >= 0.3 is 0 Å². The third kappa shape index (κ3) is 3.00. The number of hydrogen-bond acceptors (Lipinski definition) is 3. The van der Waals surface area contributed by atoms with Crippen molar-refractivity contribution in [3.05, 3.63) is 54.1 Å². The zero-order valence-corrected chi connectivity index (χ0v) is 10.9. The maximum atomic E-state index is 11.3. The van der Waals surface area contributed by atoms with Crippen LogP contribution in [-0.2, 0) is 11.2 Å². The second-order valence-corrected chi connectivity index (χ2v) is 4.60. The maximum absolute atomic E-state index is 11.3. The lowest BCUT2D eigenvalue weighted by Gasteiger charge is -2.18. The highest BCUT2D eigenvalue weighted by molar-refractivity contribution is 5.78. The number of carbonyl (C=O) groups excluding carboxylic acids is 1. The van der Waals surface area contributed by atoms with Crippen LogP contribution in [0.15, 0.2) is 42.9 Å². The number of rotatable bonds is 5. The fourth-order valence-corrected chi connectivity index (χ4v) is 2.04. The van der Waals surface area contributed by atoms with Crippen molar-refractivity contribution >= 4 is 5.91 Å². The molecule has 1 amide bonds. The summed E-state index contributed by atoms with van der Waals surface area (Å²) in [6.07, 6.45) is 3.97. The highest BCUT2D eigenvalue weighted by Crippen LogP contribution is 2.19. The first-order chi connectivity index (χ1) is 9.09. The lowest BCUT2D eigenvalue weighted by atomic mass is 10.0. The number of aromatic nitrogens is 2. The van der Waals surface area contributed by atoms with Gasteiger partial charge in [-0.2, -0.15) is 0 Å². The molecule has 2 atom stereocenters. The van der Waals surface area contributed by atoms with Crippen LogP contribution in [-0.4, -0.2) is 15.5 Å². The zero-order chi connectivity index (χ0) is 13.8. The van der Waals surface area contributed by atoms with Crippen molar-refractivity contribution in [2.24, 2.45) is 11.5 Å². The molecule has 2 aromatic rings. The van der Waals surface area contributed by atoms with Gasteiger partial charge < -0.3 is 16.0 Å². The molecule has 0 saturated heterocycles. The van der Waals surface area contributed by atoms with E-state index in [1.165, 1.54) is 0 Å². The predicted octanol–water partition coefficient (Wildman–Crippen LogP) is 1.17. The van der Waals surface area contributed by atoms with Gasteiger partial charge in [-0.05, 0) is 18.9 Å². The van der Waals surface area contributed by atoms with Gasteiger partial charge in [-0.25, -0.2) is 4.98 Å². The molecule has 19 heavy (non-hydrogen) atoms. The fraction of sp³-hybridized carbons (Fsp3) is 0.286. The molecule has 0 bridgehead atoms. The molecular formula is C14H18N4O. The van der Waals surface area contributed by atoms with Crippen molar-refractivity contribution in [3.8, 4) is 0 Å². The molecule has 0 fully saturated rings. The Morgan fingerprint density at radius 3 is 2.68 bits per heavy atom. The van der Waals surface area contributed by atoms with E-state index in [9.17, 15) is 4.79 Å². The van der Waals surface area contributed by atoms with E-state index in [1.807, 2.05) is 30.3 Å². The number of amides is 1. The number of primary amides is 1. The standard InChI is InChI=1S/C14H18N4O/c1-10(14(16)19)18-9-17-8-13(18)12(15)7-11-5-3-2-4-6-11/h2-6,8-10,12H,7,15H2,1H3,(H2,16,19)/t10?,12-/m1/s1. The highest BCUT2D eigenvalue weighted by atomic mass is 16.1. The summed E-state index contributed by atoms with van der Waals surface area (Å²) in [5.41, 5.74) is 13.5. The number of nitrogens with zero attached hydrogens (tertiary/aromatic N) is 2. The van der Waals surface area contributed by atoms with Gasteiger partial charge in [0.05, 0.1) is 18.1 Å². The number of carbonyl (C=O) groups is 1. The number of imidazole rings is 1. The zero-order valence-electron chi connectivity index (χ0n) is 10.9. The van der Waals surface area contributed by atoms with E-state index in [1.54, 1.807) is 24.0 Å². The molecule has 1 aromatic heterocycles. The molecule has 0 aliphatic heterocycles. The average Bonchev–Trinajstić information content (AvgIpc) is 2.88. The summed E-state index contributed by atoms with van der Waals surface area (Å²) in [6, 6.07) is 9.31. The Morgan fingerprint density at radius 1 is 1.37 bits per heavy atom. The minimum atomic E-state index is -0.445. The SMILES string of the molecule is CC(C(N)=O)n1cncc1[C@H](N)Cc1ccccc1. The van der Waals surface area contributed by atoms with Crippen LogP contribution in [0.2, 0.25) is 0 Å². The van der Waals surface area contributed by atoms with Gasteiger partial charge in [-0.3, -0.25) is 4.79 Å². The summed E-state index contributed by atoms with van der Waals surface area (Å²) in [7, 11) is 0. The summed E-state index contributed by atoms with van der Waals surface area (Å²) in [4.78, 5) is 15.3. The van der Waals surface area contributed by atoms with Crippen LogP contribution in [0.25, 0.3) is 0 Å². The Morgan fingerprint density at radius 2 is 2.05 bits per heavy atom. The summed E-state index contributed by atoms with van der Waals surface area (Å²) in [5.74, 6) is -0.397. The molecule has 100 valence electrons. The van der Waals surface area contributed by atoms with E-state index in [4.69, 9.17) is 11.5 Å². The van der Waals surface area contributed by atoms with Gasteiger partial charge in [-0.1, -0.05) is 30.3 Å². The lowest BCUT2D eigenvalue weighted by Crippen LogP contribution is -2.27. The number of nitrogens with two attached hydrogens (primary N) is 2. The van der Waals surface area contributed by atoms with Crippen molar-refractivity contribution in [3.63, 3.8) is 0 Å². The van der Waals surface area contributed by atoms with Gasteiger partial charge in [-0.15, -0.1) is 0 Å². The normalized spacial score (nSPS) is 14.0. The molecule has 1 heterocycles. The van der Waals surface area contributed by atoms with Gasteiger partial charge in [0, 0.05) is 6.20 Å². The molecule has 0 aliphatic carbocycles. The van der Waals surface area contributed by atoms with E-state index < -0.39 is 11.9 Å². The Kier molecular flexibility index (Phi) is 3.97. The average molecular weight is 258 g/mol. The van der Waals surface area contributed by atoms with Crippen molar-refractivity contribution in [1.82, 2.24) is 9.55 Å². The van der Waals surface area contributed by atoms with Crippen LogP contribution in [0.5, 0.6) is 0 Å². The topological polar surface area (TPSA) is 86.9 Å². The smallest absolute Gasteiger partial charge is 0.240 e. The van der Waals surface area contributed by atoms with Crippen LogP contribution >= 0.6 is 0 Å². The van der Waals surface area contributed by atoms with Gasteiger partial charge in [0.1, 0.15) is 6.04 Å². The lowest BCUT2D eigenvalue weighted by molar-refractivity contribution is -0.120. The molecule has 2 rings (SSSR count). The Labute approximate surface area is 112 Å². The minimum Gasteiger partial charge on any atom is -0.368 e. The second kappa shape index (κ2) is 5.67. The Hall–Kier alpha value is -2.14. The van der Waals surface area contributed by atoms with Crippen LogP contribution in [0.3, 0.4) is 0 Å². The van der Waals surface area contributed by atoms with Crippen LogP contribution < -0.4 is 11.5 Å². The quantitative estimate of drug-likeness (QED) is 0.844. The highest BCUT2D eigenvalue weighted by Gasteiger charge is 2.18. The van der Waals surface area contributed by atoms with Crippen molar-refractivity contribution < 1.29 is 4.79 Å². The van der Waals surface area contributed by atoms with Crippen molar-refractivity contribution in [2.75, 3.05) is 0 Å². The fourth-order valence-electron chi connectivity index (χ4n) is 2.04. The largest absolute Gasteiger partial charge is 0.368 e. The maximum Gasteiger partial charge on any atom is 0.240 e. The molecular weight excluding hydrogens is 240 g/mol. The van der Waals surface area contributed by atoms with E-state index in [-0.39, 0.29) is 6.04 Å². The molecule has 5 nitrogen and oxygen atoms in total. The van der Waals surface area contributed by atoms with Crippen LogP contribution in [0.4, 0.5) is 0 Å². The van der Waals surface area contributed by atoms with Gasteiger partial charge in [0.15, 0.2) is 0 Å². The van der Waals surface area contributed by atoms with Crippen molar-refractivity contribution in [1.29, 1.82) is 0 Å². The number of benzene rings is 1. The third-order valence-electron chi connectivity index (χ3n) is 3.20. The predicted molar refractivity (Wildman–Crippen MR) is 73.2 cm³/mol. The molecule has 0 aliphatic rings. The molecule has 1 aromatic carbocycles. The van der Waals surface area contributed by atoms with E-state index in [2.05, 4.69) is 4.98 Å². The summed E-state index contributed by atoms with van der Waals surface area (Å²) in [5, 5.41) is 0. The summed E-state index contributed by atoms with van der Waals surface area (Å²) >= 11 is 0. The summed E-state index contributed by atoms with van der Waals surface area (Å²) < 4.78 is 1.73. The molecule has 0 saturated carbocycles. The van der Waals surface area contributed by atoms with Gasteiger partial charge in [0.25, 0.3) is 0 Å². The molecule has 4 N–H and O–H groups in total. The molecule has 5 heteroatoms. The monoisotopic (exact) mass is 258 g/mol. The number of hydrogen-bond donors (Lipinski definition) is 2. The Bertz CT molecular complexity index is 550. The van der Waals surface area contributed by atoms with Crippen LogP contribution in [0.1, 0.15) is 30.3 Å². The first kappa shape index (κ1) is 13.3. The van der Waals surface area contributed by atoms with E-state index >= 15 is 0 Å². The third-order valence-corrected chi connectivity index (χ3v) is 3.20. The van der Waals surface area contributed by atoms with E-state index in [0.29, 0.717) is 6.42 Å².